The number of nitrogens with one attached hydrogen (secondary N) is 2. The zero-order valence-electron chi connectivity index (χ0n) is 23.9. The van der Waals surface area contributed by atoms with E-state index in [0.717, 1.165) is 80.4 Å². The van der Waals surface area contributed by atoms with Crippen LogP contribution in [0, 0.1) is 17.8 Å². The van der Waals surface area contributed by atoms with Crippen LogP contribution in [0.1, 0.15) is 31.7 Å². The van der Waals surface area contributed by atoms with Gasteiger partial charge in [-0.1, -0.05) is 30.2 Å². The molecule has 1 unspecified atom stereocenters. The van der Waals surface area contributed by atoms with Crippen LogP contribution < -0.4 is 15.4 Å². The number of anilines is 3. The quantitative estimate of drug-likeness (QED) is 0.336. The molecule has 1 aromatic heterocycles. The summed E-state index contributed by atoms with van der Waals surface area (Å²) in [4.78, 5) is 25.5. The van der Waals surface area contributed by atoms with E-state index in [1.807, 2.05) is 35.2 Å². The molecule has 41 heavy (non-hydrogen) atoms. The summed E-state index contributed by atoms with van der Waals surface area (Å²) in [6, 6.07) is 16.4. The minimum Gasteiger partial charge on any atom is -0.493 e. The number of carbonyl (C=O) groups excluding carboxylic acids is 1. The van der Waals surface area contributed by atoms with E-state index in [1.54, 1.807) is 13.1 Å². The first kappa shape index (κ1) is 28.2. The third-order valence-electron chi connectivity index (χ3n) is 7.31. The van der Waals surface area contributed by atoms with E-state index in [0.29, 0.717) is 18.5 Å². The predicted molar refractivity (Wildman–Crippen MR) is 164 cm³/mol. The van der Waals surface area contributed by atoms with E-state index in [4.69, 9.17) is 9.72 Å². The highest BCUT2D eigenvalue weighted by Gasteiger charge is 2.24. The number of ether oxygens (including phenoxy) is 1. The summed E-state index contributed by atoms with van der Waals surface area (Å²) in [5, 5.41) is 7.06. The Morgan fingerprint density at radius 1 is 1.20 bits per heavy atom. The highest BCUT2D eigenvalue weighted by molar-refractivity contribution is 5.93. The number of likely N-dealkylation sites (tertiary alicyclic amines) is 1. The lowest BCUT2D eigenvalue weighted by atomic mass is 10.1. The number of likely N-dealkylation sites (N-methyl/N-ethyl adjacent to an activating group) is 1. The summed E-state index contributed by atoms with van der Waals surface area (Å²) in [5.74, 6) is 7.17. The highest BCUT2D eigenvalue weighted by Crippen LogP contribution is 2.27. The molecule has 5 rings (SSSR count). The van der Waals surface area contributed by atoms with Crippen molar-refractivity contribution < 1.29 is 9.53 Å². The van der Waals surface area contributed by atoms with Gasteiger partial charge in [0.15, 0.2) is 0 Å². The van der Waals surface area contributed by atoms with Crippen LogP contribution in [0.25, 0.3) is 11.3 Å². The maximum Gasteiger partial charge on any atom is 0.298 e. The van der Waals surface area contributed by atoms with Crippen molar-refractivity contribution >= 4 is 23.2 Å². The molecule has 8 nitrogen and oxygen atoms in total. The standard InChI is InChI=1S/C33H38N6O2/c1-3-8-32(40)39-17-13-25(24-39)11-14-34-28-19-26-20-29(22-28)36-33-35-15-12-31(37-33)27-9-7-10-30(21-27)41-18-6-4-5-16-38(2)23-26/h4-5,7,9-10,12,15,19-22,25,34H,6,11,13-14,16-18,23-24H2,1-2H3,(H,35,36,37)/b5-4+. The van der Waals surface area contributed by atoms with Crippen molar-refractivity contribution in [2.24, 2.45) is 5.92 Å². The van der Waals surface area contributed by atoms with Crippen LogP contribution in [-0.4, -0.2) is 65.5 Å². The van der Waals surface area contributed by atoms with Crippen LogP contribution in [-0.2, 0) is 11.3 Å². The van der Waals surface area contributed by atoms with Gasteiger partial charge in [-0.15, -0.1) is 0 Å². The Bertz CT molecular complexity index is 1440. The molecule has 2 aromatic carbocycles. The van der Waals surface area contributed by atoms with E-state index < -0.39 is 0 Å². The van der Waals surface area contributed by atoms with Crippen molar-refractivity contribution in [3.8, 4) is 28.8 Å². The average Bonchev–Trinajstić information content (AvgIpc) is 3.44. The largest absolute Gasteiger partial charge is 0.493 e. The molecule has 3 aromatic rings. The van der Waals surface area contributed by atoms with Gasteiger partial charge in [-0.3, -0.25) is 9.69 Å². The third kappa shape index (κ3) is 8.09. The summed E-state index contributed by atoms with van der Waals surface area (Å²) in [7, 11) is 2.13. The molecule has 1 amide bonds. The van der Waals surface area contributed by atoms with E-state index in [2.05, 4.69) is 69.8 Å². The summed E-state index contributed by atoms with van der Waals surface area (Å²) in [5.41, 5.74) is 4.98. The summed E-state index contributed by atoms with van der Waals surface area (Å²) < 4.78 is 5.97. The number of hydrogen-bond acceptors (Lipinski definition) is 7. The maximum absolute atomic E-state index is 12.1. The molecule has 1 saturated heterocycles. The van der Waals surface area contributed by atoms with Crippen LogP contribution in [0.3, 0.4) is 0 Å². The number of benzene rings is 2. The van der Waals surface area contributed by atoms with Gasteiger partial charge in [-0.05, 0) is 87.0 Å². The Labute approximate surface area is 242 Å². The zero-order valence-corrected chi connectivity index (χ0v) is 23.9. The van der Waals surface area contributed by atoms with Gasteiger partial charge in [-0.25, -0.2) is 9.97 Å². The number of rotatable bonds is 4. The zero-order chi connectivity index (χ0) is 28.4. The van der Waals surface area contributed by atoms with Crippen LogP contribution >= 0.6 is 0 Å². The highest BCUT2D eigenvalue weighted by atomic mass is 16.5. The van der Waals surface area contributed by atoms with Crippen LogP contribution in [0.5, 0.6) is 5.75 Å². The number of amides is 1. The predicted octanol–water partition coefficient (Wildman–Crippen LogP) is 5.33. The minimum absolute atomic E-state index is 0.0603. The number of fused-ring (bicyclic) bond motifs is 7. The molecule has 1 fully saturated rings. The van der Waals surface area contributed by atoms with E-state index >= 15 is 0 Å². The van der Waals surface area contributed by atoms with Crippen LogP contribution in [0.15, 0.2) is 66.9 Å². The monoisotopic (exact) mass is 550 g/mol. The lowest BCUT2D eigenvalue weighted by Gasteiger charge is -2.18. The fourth-order valence-electron chi connectivity index (χ4n) is 5.26. The van der Waals surface area contributed by atoms with Crippen molar-refractivity contribution in [1.82, 2.24) is 19.8 Å². The molecule has 0 spiro atoms. The van der Waals surface area contributed by atoms with E-state index in [1.165, 1.54) is 5.56 Å². The lowest BCUT2D eigenvalue weighted by Crippen LogP contribution is -2.27. The summed E-state index contributed by atoms with van der Waals surface area (Å²) in [6.07, 6.45) is 9.02. The number of aromatic nitrogens is 2. The van der Waals surface area contributed by atoms with Crippen LogP contribution in [0.4, 0.5) is 17.3 Å². The SMILES string of the molecule is CC#CC(=O)N1CCC(CCNc2cc3cc(c2)Nc2nccc(n2)-c2cccc(c2)OCC/C=C/CN(C)C3)C1. The Balaban J connectivity index is 1.33. The van der Waals surface area contributed by atoms with Gasteiger partial charge in [-0.2, -0.15) is 0 Å². The van der Waals surface area contributed by atoms with Crippen molar-refractivity contribution in [3.63, 3.8) is 0 Å². The summed E-state index contributed by atoms with van der Waals surface area (Å²) >= 11 is 0. The Kier molecular flexibility index (Phi) is 9.50. The molecular formula is C33H38N6O2. The molecule has 0 radical (unpaired) electrons. The normalized spacial score (nSPS) is 18.1. The van der Waals surface area contributed by atoms with Gasteiger partial charge in [0.1, 0.15) is 5.75 Å². The molecular weight excluding hydrogens is 512 g/mol. The Morgan fingerprint density at radius 3 is 3.02 bits per heavy atom. The van der Waals surface area contributed by atoms with Gasteiger partial charge in [0.2, 0.25) is 5.95 Å². The molecule has 6 bridgehead atoms. The minimum atomic E-state index is -0.0603. The van der Waals surface area contributed by atoms with Gasteiger partial charge >= 0.3 is 0 Å². The first-order chi connectivity index (χ1) is 20.1. The fourth-order valence-corrected chi connectivity index (χ4v) is 5.26. The van der Waals surface area contributed by atoms with Gasteiger partial charge in [0.05, 0.1) is 12.3 Å². The van der Waals surface area contributed by atoms with E-state index in [-0.39, 0.29) is 5.91 Å². The van der Waals surface area contributed by atoms with Gasteiger partial charge in [0.25, 0.3) is 5.91 Å². The third-order valence-corrected chi connectivity index (χ3v) is 7.31. The first-order valence-corrected chi connectivity index (χ1v) is 14.3. The second kappa shape index (κ2) is 13.8. The van der Waals surface area contributed by atoms with Gasteiger partial charge < -0.3 is 20.3 Å². The van der Waals surface area contributed by atoms with Crippen molar-refractivity contribution in [2.45, 2.75) is 32.7 Å². The van der Waals surface area contributed by atoms with Gasteiger partial charge in [0, 0.05) is 55.9 Å². The molecule has 1 atom stereocenters. The number of nitrogens with zero attached hydrogens (tertiary/aromatic N) is 4. The molecule has 2 aliphatic heterocycles. The molecule has 212 valence electrons. The molecule has 0 aliphatic carbocycles. The molecule has 8 heteroatoms. The van der Waals surface area contributed by atoms with Crippen molar-refractivity contribution in [3.05, 3.63) is 72.4 Å². The second-order valence-corrected chi connectivity index (χ2v) is 10.6. The van der Waals surface area contributed by atoms with E-state index in [9.17, 15) is 4.79 Å². The van der Waals surface area contributed by atoms with Crippen LogP contribution in [0.2, 0.25) is 0 Å². The lowest BCUT2D eigenvalue weighted by molar-refractivity contribution is -0.124. The molecule has 3 heterocycles. The topological polar surface area (TPSA) is 82.6 Å². The van der Waals surface area contributed by atoms with Crippen molar-refractivity contribution in [1.29, 1.82) is 0 Å². The average molecular weight is 551 g/mol. The second-order valence-electron chi connectivity index (χ2n) is 10.6. The first-order valence-electron chi connectivity index (χ1n) is 14.3. The smallest absolute Gasteiger partial charge is 0.298 e. The number of hydrogen-bond donors (Lipinski definition) is 2. The fraction of sp³-hybridized carbons (Fsp3) is 0.364. The Morgan fingerprint density at radius 2 is 2.12 bits per heavy atom. The summed E-state index contributed by atoms with van der Waals surface area (Å²) in [6.45, 7) is 6.38. The molecule has 2 N–H and O–H groups in total. The number of carbonyl (C=O) groups is 1. The Hall–Kier alpha value is -4.35. The van der Waals surface area contributed by atoms with Crippen molar-refractivity contribution in [2.75, 3.05) is 50.5 Å². The molecule has 2 aliphatic rings. The molecule has 0 saturated carbocycles. The maximum atomic E-state index is 12.1.